The van der Waals surface area contributed by atoms with E-state index in [1.165, 1.54) is 17.0 Å². The Balaban J connectivity index is 1.93. The van der Waals surface area contributed by atoms with Crippen LogP contribution in [0.3, 0.4) is 0 Å². The first-order valence-electron chi connectivity index (χ1n) is 7.55. The summed E-state index contributed by atoms with van der Waals surface area (Å²) in [4.78, 5) is 0. The molecule has 0 aromatic heterocycles. The topological polar surface area (TPSA) is 18.6 Å². The maximum Gasteiger partial charge on any atom is 0.212 e. The van der Waals surface area contributed by atoms with Gasteiger partial charge in [-0.1, -0.05) is 36.4 Å². The first kappa shape index (κ1) is 14.5. The average Bonchev–Trinajstić information content (AvgIpc) is 2.73. The van der Waals surface area contributed by atoms with E-state index in [9.17, 15) is 0 Å². The highest BCUT2D eigenvalue weighted by atomic mass is 15.4. The van der Waals surface area contributed by atoms with Crippen molar-refractivity contribution >= 4 is 23.3 Å². The van der Waals surface area contributed by atoms with Crippen LogP contribution in [0.4, 0.5) is 11.4 Å². The maximum absolute atomic E-state index is 4.64. The minimum Gasteiger partial charge on any atom is -0.268 e. The van der Waals surface area contributed by atoms with Gasteiger partial charge in [-0.3, -0.25) is 5.01 Å². The average molecular weight is 292 g/mol. The molecule has 0 fully saturated rings. The van der Waals surface area contributed by atoms with Crippen molar-refractivity contribution in [2.75, 3.05) is 19.1 Å². The molecule has 0 amide bonds. The van der Waals surface area contributed by atoms with Crippen molar-refractivity contribution in [3.05, 3.63) is 60.2 Å². The number of benzene rings is 2. The molecule has 0 spiro atoms. The summed E-state index contributed by atoms with van der Waals surface area (Å²) in [5.41, 5.74) is 4.86. The third-order valence-corrected chi connectivity index (χ3v) is 4.42. The van der Waals surface area contributed by atoms with E-state index in [1.807, 2.05) is 36.5 Å². The van der Waals surface area contributed by atoms with Gasteiger partial charge in [0, 0.05) is 18.7 Å². The Labute approximate surface area is 132 Å². The van der Waals surface area contributed by atoms with E-state index in [-0.39, 0.29) is 5.41 Å². The summed E-state index contributed by atoms with van der Waals surface area (Å²) in [6, 6.07) is 18.7. The smallest absolute Gasteiger partial charge is 0.212 e. The van der Waals surface area contributed by atoms with E-state index in [2.05, 4.69) is 67.0 Å². The first-order valence-corrected chi connectivity index (χ1v) is 7.55. The molecule has 22 heavy (non-hydrogen) atoms. The highest BCUT2D eigenvalue weighted by Crippen LogP contribution is 2.38. The van der Waals surface area contributed by atoms with Crippen molar-refractivity contribution in [3.8, 4) is 0 Å². The van der Waals surface area contributed by atoms with Crippen molar-refractivity contribution in [2.45, 2.75) is 19.3 Å². The number of hydrogen-bond donors (Lipinski definition) is 0. The van der Waals surface area contributed by atoms with Gasteiger partial charge in [0.15, 0.2) is 0 Å². The van der Waals surface area contributed by atoms with Gasteiger partial charge in [-0.25, -0.2) is 0 Å². The molecular weight excluding hydrogens is 270 g/mol. The second kappa shape index (κ2) is 5.41. The van der Waals surface area contributed by atoms with Gasteiger partial charge < -0.3 is 0 Å². The van der Waals surface area contributed by atoms with Crippen LogP contribution in [0.2, 0.25) is 0 Å². The van der Waals surface area contributed by atoms with Crippen LogP contribution in [0, 0.1) is 0 Å². The van der Waals surface area contributed by atoms with E-state index >= 15 is 0 Å². The van der Waals surface area contributed by atoms with Crippen LogP contribution in [0.1, 0.15) is 19.4 Å². The quantitative estimate of drug-likeness (QED) is 0.478. The van der Waals surface area contributed by atoms with Crippen LogP contribution >= 0.6 is 0 Å². The Morgan fingerprint density at radius 3 is 2.32 bits per heavy atom. The highest BCUT2D eigenvalue weighted by Gasteiger charge is 2.43. The van der Waals surface area contributed by atoms with E-state index in [1.54, 1.807) is 0 Å². The van der Waals surface area contributed by atoms with Crippen LogP contribution in [0.25, 0.3) is 0 Å². The molecule has 0 unspecified atom stereocenters. The number of para-hydroxylation sites is 2. The number of fused-ring (bicyclic) bond motifs is 1. The minimum atomic E-state index is -0.0353. The molecule has 0 atom stereocenters. The van der Waals surface area contributed by atoms with Gasteiger partial charge in [-0.15, -0.1) is 0 Å². The van der Waals surface area contributed by atoms with Crippen molar-refractivity contribution < 1.29 is 4.58 Å². The monoisotopic (exact) mass is 292 g/mol. The summed E-state index contributed by atoms with van der Waals surface area (Å²) in [5.74, 6) is 0. The fourth-order valence-corrected chi connectivity index (χ4v) is 3.08. The van der Waals surface area contributed by atoms with Gasteiger partial charge in [-0.05, 0) is 26.0 Å². The third kappa shape index (κ3) is 2.33. The van der Waals surface area contributed by atoms with Crippen LogP contribution in [0.5, 0.6) is 0 Å². The molecule has 1 aliphatic rings. The molecule has 3 rings (SSSR count). The zero-order chi connectivity index (χ0) is 15.7. The number of rotatable bonds is 3. The highest BCUT2D eigenvalue weighted by molar-refractivity contribution is 6.33. The van der Waals surface area contributed by atoms with Crippen LogP contribution < -0.4 is 5.01 Å². The lowest BCUT2D eigenvalue weighted by Gasteiger charge is -2.16. The second-order valence-electron chi connectivity index (χ2n) is 6.19. The molecule has 112 valence electrons. The zero-order valence-electron chi connectivity index (χ0n) is 13.6. The summed E-state index contributed by atoms with van der Waals surface area (Å²) < 4.78 is 2.23. The predicted octanol–water partition coefficient (Wildman–Crippen LogP) is 3.81. The molecule has 0 saturated heterocycles. The Kier molecular flexibility index (Phi) is 3.57. The summed E-state index contributed by atoms with van der Waals surface area (Å²) in [7, 11) is 4.08. The molecule has 3 nitrogen and oxygen atoms in total. The molecule has 0 radical (unpaired) electrons. The van der Waals surface area contributed by atoms with Crippen molar-refractivity contribution in [1.82, 2.24) is 0 Å². The Bertz CT molecular complexity index is 742. The Hall–Kier alpha value is -2.42. The van der Waals surface area contributed by atoms with E-state index < -0.39 is 0 Å². The van der Waals surface area contributed by atoms with Gasteiger partial charge in [0.05, 0.1) is 11.1 Å². The van der Waals surface area contributed by atoms with Crippen LogP contribution in [0.15, 0.2) is 59.7 Å². The van der Waals surface area contributed by atoms with Crippen LogP contribution in [-0.4, -0.2) is 30.6 Å². The van der Waals surface area contributed by atoms with E-state index in [0.29, 0.717) is 0 Å². The molecule has 1 heterocycles. The van der Waals surface area contributed by atoms with Gasteiger partial charge in [0.25, 0.3) is 0 Å². The maximum atomic E-state index is 4.64. The largest absolute Gasteiger partial charge is 0.268 e. The van der Waals surface area contributed by atoms with Crippen molar-refractivity contribution in [3.63, 3.8) is 0 Å². The Morgan fingerprint density at radius 1 is 1.00 bits per heavy atom. The molecule has 0 saturated carbocycles. The van der Waals surface area contributed by atoms with E-state index in [4.69, 9.17) is 0 Å². The van der Waals surface area contributed by atoms with Gasteiger partial charge >= 0.3 is 0 Å². The molecule has 3 heteroatoms. The SMILES string of the molecule is CN(N=CC1=[N+](C)c2ccccc2C1(C)C)c1ccccc1. The molecule has 0 aliphatic carbocycles. The number of hydrogen-bond acceptors (Lipinski definition) is 2. The minimum absolute atomic E-state index is 0.0353. The Morgan fingerprint density at radius 2 is 1.64 bits per heavy atom. The lowest BCUT2D eigenvalue weighted by molar-refractivity contribution is -0.400. The number of hydrazone groups is 1. The fourth-order valence-electron chi connectivity index (χ4n) is 3.08. The number of anilines is 1. The lowest BCUT2D eigenvalue weighted by atomic mass is 9.82. The third-order valence-electron chi connectivity index (χ3n) is 4.42. The molecule has 1 aliphatic heterocycles. The summed E-state index contributed by atoms with van der Waals surface area (Å²) in [5, 5.41) is 6.54. The summed E-state index contributed by atoms with van der Waals surface area (Å²) in [6.07, 6.45) is 1.98. The van der Waals surface area contributed by atoms with E-state index in [0.717, 1.165) is 5.69 Å². The second-order valence-corrected chi connectivity index (χ2v) is 6.19. The fraction of sp³-hybridized carbons (Fsp3) is 0.263. The predicted molar refractivity (Wildman–Crippen MR) is 93.7 cm³/mol. The van der Waals surface area contributed by atoms with Crippen LogP contribution in [-0.2, 0) is 5.41 Å². The summed E-state index contributed by atoms with van der Waals surface area (Å²) in [6.45, 7) is 4.50. The van der Waals surface area contributed by atoms with Gasteiger partial charge in [0.2, 0.25) is 11.4 Å². The molecule has 2 aromatic carbocycles. The zero-order valence-corrected chi connectivity index (χ0v) is 13.6. The molecular formula is C19H22N3+. The van der Waals surface area contributed by atoms with Gasteiger partial charge in [-0.2, -0.15) is 9.68 Å². The molecule has 0 bridgehead atoms. The molecule has 2 aromatic rings. The lowest BCUT2D eigenvalue weighted by Crippen LogP contribution is -2.30. The normalized spacial score (nSPS) is 16.2. The van der Waals surface area contributed by atoms with Crippen molar-refractivity contribution in [2.24, 2.45) is 5.10 Å². The first-order chi connectivity index (χ1) is 10.5. The number of nitrogens with zero attached hydrogens (tertiary/aromatic N) is 3. The molecule has 0 N–H and O–H groups in total. The van der Waals surface area contributed by atoms with Crippen molar-refractivity contribution in [1.29, 1.82) is 0 Å². The standard InChI is InChI=1S/C19H22N3/c1-19(2)16-12-8-9-13-17(16)21(3)18(19)14-20-22(4)15-10-6-5-7-11-15/h5-14H,1-4H3/q+1. The summed E-state index contributed by atoms with van der Waals surface area (Å²) >= 11 is 0. The van der Waals surface area contributed by atoms with Gasteiger partial charge in [0.1, 0.15) is 13.3 Å².